The molecule has 154 valence electrons. The lowest BCUT2D eigenvalue weighted by Crippen LogP contribution is -2.49. The van der Waals surface area contributed by atoms with Crippen molar-refractivity contribution in [3.8, 4) is 0 Å². The van der Waals surface area contributed by atoms with Gasteiger partial charge < -0.3 is 9.26 Å². The molecule has 1 rings (SSSR count). The van der Waals surface area contributed by atoms with E-state index in [0.29, 0.717) is 11.5 Å². The number of hydroxylamine groups is 1. The number of hydrogen-bond donors (Lipinski definition) is 2. The zero-order valence-electron chi connectivity index (χ0n) is 16.2. The maximum Gasteiger partial charge on any atom is 0.410 e. The van der Waals surface area contributed by atoms with Gasteiger partial charge in [-0.15, -0.1) is 0 Å². The molecule has 1 atom stereocenters. The normalized spacial score (nSPS) is 13.9. The van der Waals surface area contributed by atoms with Gasteiger partial charge in [0.2, 0.25) is 0 Å². The van der Waals surface area contributed by atoms with Gasteiger partial charge in [0.1, 0.15) is 4.75 Å². The van der Waals surface area contributed by atoms with E-state index < -0.39 is 26.6 Å². The molecule has 0 radical (unpaired) electrons. The standard InChI is InChI=1S/C16H27N3O7S/c1-6-25-15(21)19(11(2)3)10-13-9-12(18-26-13)7-8-16(4,14(20)17-22)27(5,23)24/h9,11,22H,6-8,10H2,1-5H3,(H,17,20). The summed E-state index contributed by atoms with van der Waals surface area (Å²) in [5.74, 6) is -0.610. The maximum absolute atomic E-state index is 12.0. The lowest BCUT2D eigenvalue weighted by molar-refractivity contribution is -0.131. The zero-order chi connectivity index (χ0) is 20.8. The molecule has 0 aliphatic carbocycles. The van der Waals surface area contributed by atoms with E-state index in [1.54, 1.807) is 13.0 Å². The Bertz CT molecular complexity index is 760. The van der Waals surface area contributed by atoms with Crippen LogP contribution in [0.3, 0.4) is 0 Å². The van der Waals surface area contributed by atoms with Crippen LogP contribution in [-0.2, 0) is 32.3 Å². The summed E-state index contributed by atoms with van der Waals surface area (Å²) in [4.78, 5) is 25.3. The van der Waals surface area contributed by atoms with Crippen molar-refractivity contribution in [2.24, 2.45) is 0 Å². The molecule has 1 aromatic rings. The number of carbonyl (C=O) groups excluding carboxylic acids is 2. The van der Waals surface area contributed by atoms with Gasteiger partial charge in [-0.05, 0) is 40.5 Å². The fraction of sp³-hybridized carbons (Fsp3) is 0.688. The Morgan fingerprint density at radius 3 is 2.56 bits per heavy atom. The zero-order valence-corrected chi connectivity index (χ0v) is 17.0. The van der Waals surface area contributed by atoms with Crippen LogP contribution < -0.4 is 5.48 Å². The van der Waals surface area contributed by atoms with E-state index >= 15 is 0 Å². The minimum atomic E-state index is -3.79. The van der Waals surface area contributed by atoms with Crippen LogP contribution in [0, 0.1) is 0 Å². The maximum atomic E-state index is 12.0. The number of carbonyl (C=O) groups is 2. The first-order chi connectivity index (χ1) is 12.5. The molecule has 0 bridgehead atoms. The molecule has 1 unspecified atom stereocenters. The third-order valence-corrected chi connectivity index (χ3v) is 6.34. The highest BCUT2D eigenvalue weighted by atomic mass is 32.2. The lowest BCUT2D eigenvalue weighted by Gasteiger charge is -2.24. The number of nitrogens with zero attached hydrogens (tertiary/aromatic N) is 2. The first kappa shape index (κ1) is 22.9. The minimum absolute atomic E-state index is 0.101. The van der Waals surface area contributed by atoms with E-state index in [1.165, 1.54) is 17.3 Å². The molecule has 10 nitrogen and oxygen atoms in total. The Balaban J connectivity index is 2.87. The monoisotopic (exact) mass is 405 g/mol. The summed E-state index contributed by atoms with van der Waals surface area (Å²) in [6, 6.07) is 1.47. The molecular weight excluding hydrogens is 378 g/mol. The molecule has 0 spiro atoms. The van der Waals surface area contributed by atoms with Crippen LogP contribution >= 0.6 is 0 Å². The van der Waals surface area contributed by atoms with E-state index in [4.69, 9.17) is 14.5 Å². The third kappa shape index (κ3) is 5.67. The number of ether oxygens (including phenoxy) is 1. The lowest BCUT2D eigenvalue weighted by atomic mass is 10.0. The molecule has 0 saturated carbocycles. The van der Waals surface area contributed by atoms with Gasteiger partial charge in [-0.1, -0.05) is 5.16 Å². The predicted molar refractivity (Wildman–Crippen MR) is 95.7 cm³/mol. The average molecular weight is 405 g/mol. The van der Waals surface area contributed by atoms with E-state index in [2.05, 4.69) is 5.16 Å². The van der Waals surface area contributed by atoms with Crippen molar-refractivity contribution >= 4 is 21.8 Å². The first-order valence-electron chi connectivity index (χ1n) is 8.48. The molecule has 0 aliphatic heterocycles. The molecule has 2 N–H and O–H groups in total. The SMILES string of the molecule is CCOC(=O)N(Cc1cc(CCC(C)(C(=O)NO)S(C)(=O)=O)no1)C(C)C. The molecule has 0 saturated heterocycles. The number of sulfone groups is 1. The van der Waals surface area contributed by atoms with Crippen molar-refractivity contribution in [3.63, 3.8) is 0 Å². The quantitative estimate of drug-likeness (QED) is 0.463. The summed E-state index contributed by atoms with van der Waals surface area (Å²) in [5, 5.41) is 12.7. The van der Waals surface area contributed by atoms with Gasteiger partial charge in [-0.2, -0.15) is 0 Å². The fourth-order valence-electron chi connectivity index (χ4n) is 2.33. The van der Waals surface area contributed by atoms with Crippen LogP contribution in [0.1, 0.15) is 45.6 Å². The Morgan fingerprint density at radius 1 is 1.44 bits per heavy atom. The molecule has 1 heterocycles. The van der Waals surface area contributed by atoms with E-state index in [0.717, 1.165) is 6.26 Å². The number of aryl methyl sites for hydroxylation is 1. The Kier molecular flexibility index (Phi) is 7.78. The van der Waals surface area contributed by atoms with Crippen molar-refractivity contribution < 1.29 is 32.5 Å². The van der Waals surface area contributed by atoms with E-state index in [9.17, 15) is 18.0 Å². The Labute approximate surface area is 158 Å². The van der Waals surface area contributed by atoms with Gasteiger partial charge in [0.15, 0.2) is 15.6 Å². The summed E-state index contributed by atoms with van der Waals surface area (Å²) >= 11 is 0. The molecule has 11 heteroatoms. The Hall–Kier alpha value is -2.14. The predicted octanol–water partition coefficient (Wildman–Crippen LogP) is 1.28. The van der Waals surface area contributed by atoms with Gasteiger partial charge in [0.25, 0.3) is 5.91 Å². The largest absolute Gasteiger partial charge is 0.450 e. The van der Waals surface area contributed by atoms with Gasteiger partial charge in [-0.3, -0.25) is 14.9 Å². The number of hydrogen-bond acceptors (Lipinski definition) is 8. The number of nitrogens with one attached hydrogen (secondary N) is 1. The summed E-state index contributed by atoms with van der Waals surface area (Å²) < 4.78 is 32.3. The van der Waals surface area contributed by atoms with Crippen LogP contribution in [0.2, 0.25) is 0 Å². The van der Waals surface area contributed by atoms with Crippen LogP contribution in [0.4, 0.5) is 4.79 Å². The molecule has 0 fully saturated rings. The van der Waals surface area contributed by atoms with Gasteiger partial charge in [-0.25, -0.2) is 18.7 Å². The molecule has 27 heavy (non-hydrogen) atoms. The molecule has 0 aromatic carbocycles. The highest BCUT2D eigenvalue weighted by molar-refractivity contribution is 7.92. The highest BCUT2D eigenvalue weighted by Crippen LogP contribution is 2.24. The van der Waals surface area contributed by atoms with Gasteiger partial charge in [0.05, 0.1) is 18.8 Å². The van der Waals surface area contributed by atoms with Crippen LogP contribution in [0.25, 0.3) is 0 Å². The molecule has 2 amide bonds. The van der Waals surface area contributed by atoms with Crippen molar-refractivity contribution in [3.05, 3.63) is 17.5 Å². The van der Waals surface area contributed by atoms with Crippen molar-refractivity contribution in [1.29, 1.82) is 0 Å². The summed E-state index contributed by atoms with van der Waals surface area (Å²) in [7, 11) is -3.79. The van der Waals surface area contributed by atoms with E-state index in [-0.39, 0.29) is 32.0 Å². The second kappa shape index (κ2) is 9.18. The summed E-state index contributed by atoms with van der Waals surface area (Å²) in [5.41, 5.74) is 1.83. The highest BCUT2D eigenvalue weighted by Gasteiger charge is 2.43. The third-order valence-electron chi connectivity index (χ3n) is 4.32. The molecule has 1 aromatic heterocycles. The van der Waals surface area contributed by atoms with Gasteiger partial charge >= 0.3 is 6.09 Å². The fourth-order valence-corrected chi connectivity index (χ4v) is 3.19. The molecule has 0 aliphatic rings. The molecular formula is C16H27N3O7S. The van der Waals surface area contributed by atoms with Crippen molar-refractivity contribution in [2.45, 2.75) is 57.9 Å². The van der Waals surface area contributed by atoms with Gasteiger partial charge in [0, 0.05) is 18.4 Å². The first-order valence-corrected chi connectivity index (χ1v) is 10.4. The summed E-state index contributed by atoms with van der Waals surface area (Å²) in [6.45, 7) is 7.00. The van der Waals surface area contributed by atoms with E-state index in [1.807, 2.05) is 13.8 Å². The second-order valence-corrected chi connectivity index (χ2v) is 9.09. The minimum Gasteiger partial charge on any atom is -0.450 e. The van der Waals surface area contributed by atoms with Crippen LogP contribution in [0.5, 0.6) is 0 Å². The second-order valence-electron chi connectivity index (χ2n) is 6.65. The summed E-state index contributed by atoms with van der Waals surface area (Å²) in [6.07, 6.45) is 0.475. The van der Waals surface area contributed by atoms with Crippen molar-refractivity contribution in [2.75, 3.05) is 12.9 Å². The van der Waals surface area contributed by atoms with Crippen molar-refractivity contribution in [1.82, 2.24) is 15.5 Å². The Morgan fingerprint density at radius 2 is 2.07 bits per heavy atom. The number of rotatable bonds is 9. The number of aromatic nitrogens is 1. The topological polar surface area (TPSA) is 139 Å². The van der Waals surface area contributed by atoms with Crippen LogP contribution in [-0.4, -0.2) is 59.3 Å². The van der Waals surface area contributed by atoms with Crippen LogP contribution in [0.15, 0.2) is 10.6 Å². The smallest absolute Gasteiger partial charge is 0.410 e. The average Bonchev–Trinajstić information content (AvgIpc) is 3.03. The number of amides is 2.